The Labute approximate surface area is 298 Å². The van der Waals surface area contributed by atoms with Crippen LogP contribution in [-0.2, 0) is 0 Å². The van der Waals surface area contributed by atoms with Crippen molar-refractivity contribution < 1.29 is 0 Å². The minimum atomic E-state index is 1.16. The Balaban J connectivity index is 1.06. The molecule has 3 aromatic heterocycles. The van der Waals surface area contributed by atoms with Crippen LogP contribution in [0.15, 0.2) is 182 Å². The average Bonchev–Trinajstić information content (AvgIpc) is 3.86. The van der Waals surface area contributed by atoms with Crippen molar-refractivity contribution in [3.8, 4) is 33.6 Å². The number of fused-ring (bicyclic) bond motifs is 10. The minimum Gasteiger partial charge on any atom is -0.309 e. The van der Waals surface area contributed by atoms with Crippen LogP contribution < -0.4 is 0 Å². The van der Waals surface area contributed by atoms with Crippen molar-refractivity contribution in [3.63, 3.8) is 0 Å². The van der Waals surface area contributed by atoms with Crippen molar-refractivity contribution in [1.82, 2.24) is 9.13 Å². The van der Waals surface area contributed by atoms with Crippen molar-refractivity contribution in [2.45, 2.75) is 0 Å². The van der Waals surface area contributed by atoms with Crippen LogP contribution in [0.1, 0.15) is 0 Å². The van der Waals surface area contributed by atoms with Crippen LogP contribution in [0.5, 0.6) is 0 Å². The highest BCUT2D eigenvalue weighted by molar-refractivity contribution is 7.27. The van der Waals surface area contributed by atoms with Crippen LogP contribution in [0, 0.1) is 0 Å². The lowest BCUT2D eigenvalue weighted by atomic mass is 10.0. The maximum atomic E-state index is 2.44. The van der Waals surface area contributed by atoms with Gasteiger partial charge in [0.05, 0.1) is 22.1 Å². The molecule has 0 unspecified atom stereocenters. The second-order valence-electron chi connectivity index (χ2n) is 13.3. The van der Waals surface area contributed by atoms with Gasteiger partial charge in [0.2, 0.25) is 0 Å². The molecule has 0 aliphatic rings. The fraction of sp³-hybridized carbons (Fsp3) is 0. The van der Waals surface area contributed by atoms with Gasteiger partial charge in [0.25, 0.3) is 0 Å². The van der Waals surface area contributed by atoms with E-state index < -0.39 is 0 Å². The third-order valence-electron chi connectivity index (χ3n) is 10.5. The maximum absolute atomic E-state index is 2.44. The Bertz CT molecular complexity index is 3110. The largest absolute Gasteiger partial charge is 0.309 e. The number of aromatic nitrogens is 2. The van der Waals surface area contributed by atoms with Crippen molar-refractivity contribution in [2.24, 2.45) is 0 Å². The molecule has 0 fully saturated rings. The first-order valence-corrected chi connectivity index (χ1v) is 18.3. The van der Waals surface area contributed by atoms with Crippen molar-refractivity contribution in [1.29, 1.82) is 0 Å². The Morgan fingerprint density at radius 1 is 0.314 bits per heavy atom. The summed E-state index contributed by atoms with van der Waals surface area (Å²) in [6, 6.07) is 66.4. The summed E-state index contributed by atoms with van der Waals surface area (Å²) in [5.41, 5.74) is 12.2. The van der Waals surface area contributed by atoms with Gasteiger partial charge in [-0.15, -0.1) is 11.3 Å². The molecule has 8 aromatic carbocycles. The highest BCUT2D eigenvalue weighted by Crippen LogP contribution is 2.46. The normalized spacial score (nSPS) is 11.9. The zero-order chi connectivity index (χ0) is 33.5. The number of para-hydroxylation sites is 3. The summed E-state index contributed by atoms with van der Waals surface area (Å²) >= 11 is 1.92. The fourth-order valence-electron chi connectivity index (χ4n) is 8.24. The molecule has 0 aliphatic heterocycles. The summed E-state index contributed by atoms with van der Waals surface area (Å²) in [5.74, 6) is 0. The van der Waals surface area contributed by atoms with Crippen LogP contribution in [0.4, 0.5) is 0 Å². The van der Waals surface area contributed by atoms with Crippen molar-refractivity contribution >= 4 is 75.1 Å². The highest BCUT2D eigenvalue weighted by Gasteiger charge is 2.19. The summed E-state index contributed by atoms with van der Waals surface area (Å²) in [6.45, 7) is 0. The van der Waals surface area contributed by atoms with E-state index in [-0.39, 0.29) is 0 Å². The minimum absolute atomic E-state index is 1.16. The number of hydrogen-bond donors (Lipinski definition) is 0. The smallest absolute Gasteiger partial charge is 0.0555 e. The van der Waals surface area contributed by atoms with Gasteiger partial charge in [-0.2, -0.15) is 0 Å². The lowest BCUT2D eigenvalue weighted by Crippen LogP contribution is -1.94. The van der Waals surface area contributed by atoms with Crippen LogP contribution in [0.25, 0.3) is 97.4 Å². The van der Waals surface area contributed by atoms with E-state index in [1.165, 1.54) is 91.7 Å². The third-order valence-corrected chi connectivity index (χ3v) is 11.8. The first-order chi connectivity index (χ1) is 25.3. The fourth-order valence-corrected chi connectivity index (χ4v) is 9.63. The van der Waals surface area contributed by atoms with Crippen LogP contribution in [-0.4, -0.2) is 9.13 Å². The third kappa shape index (κ3) is 4.22. The van der Waals surface area contributed by atoms with E-state index in [9.17, 15) is 0 Å². The van der Waals surface area contributed by atoms with Gasteiger partial charge in [-0.3, -0.25) is 0 Å². The average molecular weight is 667 g/mol. The molecule has 3 heteroatoms. The van der Waals surface area contributed by atoms with Crippen LogP contribution in [0.2, 0.25) is 0 Å². The summed E-state index contributed by atoms with van der Waals surface area (Å²) in [4.78, 5) is 0. The van der Waals surface area contributed by atoms with E-state index in [1.807, 2.05) is 11.3 Å². The molecule has 0 aliphatic carbocycles. The van der Waals surface area contributed by atoms with E-state index in [0.717, 1.165) is 5.69 Å². The molecule has 11 rings (SSSR count). The zero-order valence-corrected chi connectivity index (χ0v) is 28.4. The molecule has 0 saturated carbocycles. The molecule has 0 atom stereocenters. The van der Waals surface area contributed by atoms with Crippen LogP contribution in [0.3, 0.4) is 0 Å². The monoisotopic (exact) mass is 666 g/mol. The molecule has 238 valence electrons. The van der Waals surface area contributed by atoms with Crippen molar-refractivity contribution in [2.75, 3.05) is 0 Å². The molecule has 11 aromatic rings. The number of rotatable bonds is 4. The van der Waals surface area contributed by atoms with Gasteiger partial charge in [-0.05, 0) is 76.9 Å². The molecule has 0 spiro atoms. The molecule has 0 amide bonds. The number of hydrogen-bond acceptors (Lipinski definition) is 1. The predicted octanol–water partition coefficient (Wildman–Crippen LogP) is 13.6. The molecule has 0 N–H and O–H groups in total. The SMILES string of the molecule is c1ccc(-c2cccc3c2sc2c3ccc3c2c2ccccc2n3-c2ccc(-c3ccc4c(c3)c3ccccc3n4-c3ccccc3)cc2)cc1. The van der Waals surface area contributed by atoms with E-state index in [4.69, 9.17) is 0 Å². The second-order valence-corrected chi connectivity index (χ2v) is 14.3. The second kappa shape index (κ2) is 11.0. The van der Waals surface area contributed by atoms with Gasteiger partial charge in [-0.25, -0.2) is 0 Å². The zero-order valence-electron chi connectivity index (χ0n) is 27.6. The summed E-state index contributed by atoms with van der Waals surface area (Å²) in [6.07, 6.45) is 0. The first-order valence-electron chi connectivity index (χ1n) is 17.4. The van der Waals surface area contributed by atoms with Crippen molar-refractivity contribution in [3.05, 3.63) is 182 Å². The highest BCUT2D eigenvalue weighted by atomic mass is 32.1. The number of benzene rings is 8. The van der Waals surface area contributed by atoms with Gasteiger partial charge in [-0.1, -0.05) is 127 Å². The molecular weight excluding hydrogens is 637 g/mol. The van der Waals surface area contributed by atoms with Gasteiger partial charge < -0.3 is 9.13 Å². The van der Waals surface area contributed by atoms with Gasteiger partial charge in [0.1, 0.15) is 0 Å². The lowest BCUT2D eigenvalue weighted by Gasteiger charge is -2.10. The Kier molecular flexibility index (Phi) is 6.16. The lowest BCUT2D eigenvalue weighted by molar-refractivity contribution is 1.18. The molecule has 0 saturated heterocycles. The maximum Gasteiger partial charge on any atom is 0.0555 e. The Morgan fingerprint density at radius 2 is 0.882 bits per heavy atom. The first kappa shape index (κ1) is 28.4. The van der Waals surface area contributed by atoms with E-state index in [1.54, 1.807) is 0 Å². The molecular formula is C48H30N2S. The molecule has 2 nitrogen and oxygen atoms in total. The topological polar surface area (TPSA) is 9.86 Å². The predicted molar refractivity (Wildman–Crippen MR) is 219 cm³/mol. The quantitative estimate of drug-likeness (QED) is 0.177. The van der Waals surface area contributed by atoms with Gasteiger partial charge in [0.15, 0.2) is 0 Å². The summed E-state index contributed by atoms with van der Waals surface area (Å²) < 4.78 is 7.50. The molecule has 0 radical (unpaired) electrons. The van der Waals surface area contributed by atoms with Gasteiger partial charge >= 0.3 is 0 Å². The summed E-state index contributed by atoms with van der Waals surface area (Å²) in [5, 5.41) is 7.79. The van der Waals surface area contributed by atoms with E-state index >= 15 is 0 Å². The molecule has 51 heavy (non-hydrogen) atoms. The molecule has 0 bridgehead atoms. The van der Waals surface area contributed by atoms with E-state index in [2.05, 4.69) is 191 Å². The summed E-state index contributed by atoms with van der Waals surface area (Å²) in [7, 11) is 0. The number of thiophene rings is 1. The van der Waals surface area contributed by atoms with Crippen LogP contribution >= 0.6 is 11.3 Å². The Morgan fingerprint density at radius 3 is 1.69 bits per heavy atom. The standard InChI is InChI=1S/C48H30N2S/c1-3-12-32(13-4-1)36-18-11-19-38-39-27-29-45-46(48(39)51-47(36)38)40-17-8-10-21-43(40)50(45)35-25-22-31(23-26-35)33-24-28-44-41(30-33)37-16-7-9-20-42(37)49(44)34-14-5-2-6-15-34/h1-30H. The molecule has 3 heterocycles. The van der Waals surface area contributed by atoms with Gasteiger partial charge in [0, 0.05) is 53.1 Å². The van der Waals surface area contributed by atoms with E-state index in [0.29, 0.717) is 0 Å². The Hall–Kier alpha value is -6.42. The number of nitrogens with zero attached hydrogens (tertiary/aromatic N) is 2.